The number of carbonyl (C=O) groups excluding carboxylic acids is 1. The molecule has 23 heavy (non-hydrogen) atoms. The monoisotopic (exact) mass is 319 g/mol. The van der Waals surface area contributed by atoms with Crippen LogP contribution in [0.4, 0.5) is 4.79 Å². The van der Waals surface area contributed by atoms with Crippen molar-refractivity contribution >= 4 is 6.03 Å². The number of unbranched alkanes of at least 4 members (excludes halogenated alkanes) is 1. The molecule has 0 unspecified atom stereocenters. The number of hydrogen-bond acceptors (Lipinski definition) is 3. The first-order valence-electron chi connectivity index (χ1n) is 9.07. The smallest absolute Gasteiger partial charge is 0.315 e. The largest absolute Gasteiger partial charge is 0.335 e. The molecule has 0 aromatic carbocycles. The SMILES string of the molecule is CCCCN1CCn2nc(CNC(=O)NC3CCCC3)cc2C1. The maximum atomic E-state index is 11.9. The molecule has 0 bridgehead atoms. The van der Waals surface area contributed by atoms with Gasteiger partial charge in [0.15, 0.2) is 0 Å². The van der Waals surface area contributed by atoms with Crippen molar-refractivity contribution in [3.63, 3.8) is 0 Å². The number of urea groups is 1. The van der Waals surface area contributed by atoms with E-state index in [1.54, 1.807) is 0 Å². The fraction of sp³-hybridized carbons (Fsp3) is 0.765. The average Bonchev–Trinajstić information content (AvgIpc) is 3.19. The number of fused-ring (bicyclic) bond motifs is 1. The third kappa shape index (κ3) is 4.47. The van der Waals surface area contributed by atoms with Crippen LogP contribution in [0.25, 0.3) is 0 Å². The van der Waals surface area contributed by atoms with Gasteiger partial charge in [-0.2, -0.15) is 5.10 Å². The van der Waals surface area contributed by atoms with Crippen molar-refractivity contribution in [3.05, 3.63) is 17.5 Å². The topological polar surface area (TPSA) is 62.2 Å². The van der Waals surface area contributed by atoms with Crippen molar-refractivity contribution in [2.45, 2.75) is 71.1 Å². The van der Waals surface area contributed by atoms with E-state index in [4.69, 9.17) is 0 Å². The first-order valence-corrected chi connectivity index (χ1v) is 9.07. The summed E-state index contributed by atoms with van der Waals surface area (Å²) in [6.07, 6.45) is 7.17. The molecule has 0 spiro atoms. The van der Waals surface area contributed by atoms with Gasteiger partial charge in [0.2, 0.25) is 0 Å². The van der Waals surface area contributed by atoms with E-state index in [0.29, 0.717) is 12.6 Å². The van der Waals surface area contributed by atoms with Gasteiger partial charge < -0.3 is 10.6 Å². The lowest BCUT2D eigenvalue weighted by Crippen LogP contribution is -2.40. The molecule has 2 N–H and O–H groups in total. The Morgan fingerprint density at radius 1 is 1.35 bits per heavy atom. The van der Waals surface area contributed by atoms with E-state index in [-0.39, 0.29) is 6.03 Å². The number of carbonyl (C=O) groups is 1. The highest BCUT2D eigenvalue weighted by molar-refractivity contribution is 5.74. The summed E-state index contributed by atoms with van der Waals surface area (Å²) in [5.41, 5.74) is 2.22. The molecule has 1 aliphatic carbocycles. The Morgan fingerprint density at radius 3 is 2.96 bits per heavy atom. The fourth-order valence-corrected chi connectivity index (χ4v) is 3.52. The van der Waals surface area contributed by atoms with Crippen LogP contribution >= 0.6 is 0 Å². The molecular formula is C17H29N5O. The number of amides is 2. The molecular weight excluding hydrogens is 290 g/mol. The Hall–Kier alpha value is -1.56. The van der Waals surface area contributed by atoms with Gasteiger partial charge in [0.25, 0.3) is 0 Å². The van der Waals surface area contributed by atoms with Gasteiger partial charge in [-0.25, -0.2) is 4.79 Å². The Kier molecular flexibility index (Phi) is 5.54. The quantitative estimate of drug-likeness (QED) is 0.845. The molecule has 1 aromatic rings. The van der Waals surface area contributed by atoms with Crippen molar-refractivity contribution in [1.82, 2.24) is 25.3 Å². The van der Waals surface area contributed by atoms with Gasteiger partial charge in [0, 0.05) is 19.1 Å². The van der Waals surface area contributed by atoms with Crippen LogP contribution in [-0.4, -0.2) is 39.8 Å². The minimum Gasteiger partial charge on any atom is -0.335 e. The number of nitrogens with zero attached hydrogens (tertiary/aromatic N) is 3. The van der Waals surface area contributed by atoms with Crippen LogP contribution in [0.1, 0.15) is 56.8 Å². The standard InChI is InChI=1S/C17H29N5O/c1-2-3-8-21-9-10-22-16(13-21)11-15(20-22)12-18-17(23)19-14-6-4-5-7-14/h11,14H,2-10,12-13H2,1H3,(H2,18,19,23). The molecule has 2 aliphatic rings. The van der Waals surface area contributed by atoms with E-state index in [9.17, 15) is 4.79 Å². The molecule has 2 amide bonds. The van der Waals surface area contributed by atoms with Gasteiger partial charge >= 0.3 is 6.03 Å². The summed E-state index contributed by atoms with van der Waals surface area (Å²) in [7, 11) is 0. The summed E-state index contributed by atoms with van der Waals surface area (Å²) >= 11 is 0. The van der Waals surface area contributed by atoms with E-state index in [0.717, 1.165) is 38.2 Å². The number of hydrogen-bond donors (Lipinski definition) is 2. The third-order valence-corrected chi connectivity index (χ3v) is 4.88. The van der Waals surface area contributed by atoms with Crippen molar-refractivity contribution in [3.8, 4) is 0 Å². The van der Waals surface area contributed by atoms with E-state index < -0.39 is 0 Å². The lowest BCUT2D eigenvalue weighted by Gasteiger charge is -2.27. The van der Waals surface area contributed by atoms with Crippen LogP contribution in [0.2, 0.25) is 0 Å². The van der Waals surface area contributed by atoms with Crippen molar-refractivity contribution in [2.75, 3.05) is 13.1 Å². The molecule has 6 heteroatoms. The summed E-state index contributed by atoms with van der Waals surface area (Å²) < 4.78 is 2.09. The number of aromatic nitrogens is 2. The lowest BCUT2D eigenvalue weighted by atomic mass is 10.2. The predicted molar refractivity (Wildman–Crippen MR) is 90.0 cm³/mol. The molecule has 1 saturated carbocycles. The highest BCUT2D eigenvalue weighted by atomic mass is 16.2. The highest BCUT2D eigenvalue weighted by Gasteiger charge is 2.19. The summed E-state index contributed by atoms with van der Waals surface area (Å²) in [4.78, 5) is 14.4. The van der Waals surface area contributed by atoms with Crippen LogP contribution in [0.5, 0.6) is 0 Å². The van der Waals surface area contributed by atoms with Crippen LogP contribution in [0, 0.1) is 0 Å². The molecule has 6 nitrogen and oxygen atoms in total. The van der Waals surface area contributed by atoms with E-state index in [1.807, 2.05) is 0 Å². The van der Waals surface area contributed by atoms with Crippen LogP contribution < -0.4 is 10.6 Å². The van der Waals surface area contributed by atoms with Gasteiger partial charge in [0.05, 0.1) is 24.5 Å². The normalized spacial score (nSPS) is 18.8. The Bertz CT molecular complexity index is 521. The molecule has 1 aliphatic heterocycles. The first-order chi connectivity index (χ1) is 11.2. The minimum atomic E-state index is -0.0626. The van der Waals surface area contributed by atoms with E-state index >= 15 is 0 Å². The zero-order valence-electron chi connectivity index (χ0n) is 14.2. The predicted octanol–water partition coefficient (Wildman–Crippen LogP) is 2.24. The van der Waals surface area contributed by atoms with Gasteiger partial charge in [-0.3, -0.25) is 9.58 Å². The lowest BCUT2D eigenvalue weighted by molar-refractivity contribution is 0.210. The molecule has 0 atom stereocenters. The summed E-state index contributed by atoms with van der Waals surface area (Å²) in [6, 6.07) is 2.43. The van der Waals surface area contributed by atoms with Gasteiger partial charge in [-0.05, 0) is 31.9 Å². The summed E-state index contributed by atoms with van der Waals surface area (Å²) in [5, 5.41) is 10.6. The average molecular weight is 319 g/mol. The summed E-state index contributed by atoms with van der Waals surface area (Å²) in [6.45, 7) is 6.90. The van der Waals surface area contributed by atoms with E-state index in [2.05, 4.69) is 38.3 Å². The van der Waals surface area contributed by atoms with Crippen LogP contribution in [-0.2, 0) is 19.6 Å². The molecule has 0 radical (unpaired) electrons. The van der Waals surface area contributed by atoms with Crippen LogP contribution in [0.15, 0.2) is 6.07 Å². The Balaban J connectivity index is 1.46. The number of nitrogens with one attached hydrogen (secondary N) is 2. The molecule has 0 saturated heterocycles. The molecule has 1 aromatic heterocycles. The Labute approximate surface area is 138 Å². The maximum Gasteiger partial charge on any atom is 0.315 e. The highest BCUT2D eigenvalue weighted by Crippen LogP contribution is 2.17. The second kappa shape index (κ2) is 7.81. The summed E-state index contributed by atoms with van der Waals surface area (Å²) in [5.74, 6) is 0. The third-order valence-electron chi connectivity index (χ3n) is 4.88. The zero-order valence-corrected chi connectivity index (χ0v) is 14.2. The van der Waals surface area contributed by atoms with Crippen LogP contribution in [0.3, 0.4) is 0 Å². The molecule has 2 heterocycles. The van der Waals surface area contributed by atoms with Gasteiger partial charge in [-0.15, -0.1) is 0 Å². The minimum absolute atomic E-state index is 0.0626. The molecule has 1 fully saturated rings. The molecule has 3 rings (SSSR count). The van der Waals surface area contributed by atoms with E-state index in [1.165, 1.54) is 37.9 Å². The number of rotatable bonds is 6. The van der Waals surface area contributed by atoms with Crippen molar-refractivity contribution in [2.24, 2.45) is 0 Å². The van der Waals surface area contributed by atoms with Crippen molar-refractivity contribution < 1.29 is 4.79 Å². The zero-order chi connectivity index (χ0) is 16.1. The molecule has 128 valence electrons. The van der Waals surface area contributed by atoms with Gasteiger partial charge in [0.1, 0.15) is 0 Å². The van der Waals surface area contributed by atoms with Crippen molar-refractivity contribution in [1.29, 1.82) is 0 Å². The first kappa shape index (κ1) is 16.3. The second-order valence-corrected chi connectivity index (χ2v) is 6.79. The second-order valence-electron chi connectivity index (χ2n) is 6.79. The fourth-order valence-electron chi connectivity index (χ4n) is 3.52. The maximum absolute atomic E-state index is 11.9. The van der Waals surface area contributed by atoms with Gasteiger partial charge in [-0.1, -0.05) is 26.2 Å². The Morgan fingerprint density at radius 2 is 2.17 bits per heavy atom.